The van der Waals surface area contributed by atoms with E-state index in [1.54, 1.807) is 7.11 Å². The van der Waals surface area contributed by atoms with Crippen LogP contribution in [-0.4, -0.2) is 52.1 Å². The average Bonchev–Trinajstić information content (AvgIpc) is 2.28. The zero-order chi connectivity index (χ0) is 12.9. The summed E-state index contributed by atoms with van der Waals surface area (Å²) < 4.78 is 15.2. The highest BCUT2D eigenvalue weighted by atomic mass is 16.6. The average molecular weight is 247 g/mol. The highest BCUT2D eigenvalue weighted by Gasteiger charge is 2.08. The molecule has 1 N–H and O–H groups in total. The molecule has 0 saturated heterocycles. The maximum Gasteiger partial charge on any atom is 0.307 e. The second-order valence-electron chi connectivity index (χ2n) is 3.84. The summed E-state index contributed by atoms with van der Waals surface area (Å²) >= 11 is 0. The molecule has 0 fully saturated rings. The number of methoxy groups -OCH3 is 1. The molecule has 17 heavy (non-hydrogen) atoms. The van der Waals surface area contributed by atoms with Crippen LogP contribution in [0.3, 0.4) is 0 Å². The lowest BCUT2D eigenvalue weighted by Crippen LogP contribution is -2.29. The number of esters is 1. The quantitative estimate of drug-likeness (QED) is 0.435. The first-order valence-corrected chi connectivity index (χ1v) is 6.16. The van der Waals surface area contributed by atoms with E-state index in [2.05, 4.69) is 5.32 Å². The Morgan fingerprint density at radius 2 is 2.00 bits per heavy atom. The van der Waals surface area contributed by atoms with Crippen LogP contribution < -0.4 is 5.32 Å². The molecule has 0 heterocycles. The molecule has 1 atom stereocenters. The Morgan fingerprint density at radius 1 is 1.24 bits per heavy atom. The molecule has 0 aliphatic heterocycles. The highest BCUT2D eigenvalue weighted by molar-refractivity contribution is 5.70. The van der Waals surface area contributed by atoms with E-state index in [4.69, 9.17) is 14.2 Å². The van der Waals surface area contributed by atoms with Crippen LogP contribution in [0.15, 0.2) is 0 Å². The van der Waals surface area contributed by atoms with Crippen molar-refractivity contribution in [2.24, 2.45) is 0 Å². The summed E-state index contributed by atoms with van der Waals surface area (Å²) in [7, 11) is 1.66. The predicted molar refractivity (Wildman–Crippen MR) is 66.0 cm³/mol. The lowest BCUT2D eigenvalue weighted by molar-refractivity contribution is -0.145. The molecule has 0 aliphatic rings. The number of hydrogen-bond donors (Lipinski definition) is 1. The maximum absolute atomic E-state index is 11.3. The van der Waals surface area contributed by atoms with E-state index in [9.17, 15) is 4.79 Å². The number of carbonyl (C=O) groups is 1. The van der Waals surface area contributed by atoms with Gasteiger partial charge in [0.1, 0.15) is 6.61 Å². The Balaban J connectivity index is 3.27. The molecule has 102 valence electrons. The molecule has 1 unspecified atom stereocenters. The van der Waals surface area contributed by atoms with Crippen LogP contribution in [0.4, 0.5) is 0 Å². The summed E-state index contributed by atoms with van der Waals surface area (Å²) in [6.07, 6.45) is 1.26. The van der Waals surface area contributed by atoms with Gasteiger partial charge in [0, 0.05) is 26.4 Å². The molecular weight excluding hydrogens is 222 g/mol. The van der Waals surface area contributed by atoms with Crippen LogP contribution in [0, 0.1) is 0 Å². The van der Waals surface area contributed by atoms with Gasteiger partial charge in [0.2, 0.25) is 0 Å². The number of nitrogens with one attached hydrogen (secondary N) is 1. The van der Waals surface area contributed by atoms with E-state index in [-0.39, 0.29) is 12.0 Å². The Morgan fingerprint density at radius 3 is 2.65 bits per heavy atom. The van der Waals surface area contributed by atoms with Crippen molar-refractivity contribution in [3.63, 3.8) is 0 Å². The molecule has 0 aromatic rings. The number of carbonyl (C=O) groups excluding carboxylic acids is 1. The first-order chi connectivity index (χ1) is 8.20. The van der Waals surface area contributed by atoms with Crippen LogP contribution in [0.5, 0.6) is 0 Å². The number of ether oxygens (including phenoxy) is 3. The minimum Gasteiger partial charge on any atom is -0.463 e. The van der Waals surface area contributed by atoms with Gasteiger partial charge in [-0.2, -0.15) is 0 Å². The zero-order valence-electron chi connectivity index (χ0n) is 11.2. The number of rotatable bonds is 11. The molecule has 0 amide bonds. The van der Waals surface area contributed by atoms with Gasteiger partial charge in [0.25, 0.3) is 0 Å². The third-order valence-corrected chi connectivity index (χ3v) is 2.15. The summed E-state index contributed by atoms with van der Waals surface area (Å²) in [4.78, 5) is 11.3. The first kappa shape index (κ1) is 16.4. The monoisotopic (exact) mass is 247 g/mol. The molecule has 5 heteroatoms. The minimum atomic E-state index is -0.182. The summed E-state index contributed by atoms with van der Waals surface area (Å²) in [6.45, 7) is 6.94. The largest absolute Gasteiger partial charge is 0.463 e. The molecule has 0 bridgehead atoms. The third kappa shape index (κ3) is 11.6. The van der Waals surface area contributed by atoms with E-state index >= 15 is 0 Å². The lowest BCUT2D eigenvalue weighted by Gasteiger charge is -2.11. The first-order valence-electron chi connectivity index (χ1n) is 6.16. The van der Waals surface area contributed by atoms with E-state index in [1.807, 2.05) is 13.8 Å². The second kappa shape index (κ2) is 11.8. The van der Waals surface area contributed by atoms with Crippen molar-refractivity contribution in [2.45, 2.75) is 32.7 Å². The molecule has 5 nitrogen and oxygen atoms in total. The van der Waals surface area contributed by atoms with Crippen LogP contribution in [0.2, 0.25) is 0 Å². The highest BCUT2D eigenvalue weighted by Crippen LogP contribution is 1.94. The standard InChI is InChI=1S/C12H25NO4/c1-4-13-11(2)10-12(14)17-9-8-16-7-5-6-15-3/h11,13H,4-10H2,1-3H3. The van der Waals surface area contributed by atoms with Crippen LogP contribution in [0.1, 0.15) is 26.7 Å². The second-order valence-corrected chi connectivity index (χ2v) is 3.84. The maximum atomic E-state index is 11.3. The molecule has 0 spiro atoms. The van der Waals surface area contributed by atoms with Crippen molar-refractivity contribution in [2.75, 3.05) is 40.1 Å². The van der Waals surface area contributed by atoms with Gasteiger partial charge in [-0.15, -0.1) is 0 Å². The van der Waals surface area contributed by atoms with Gasteiger partial charge >= 0.3 is 5.97 Å². The van der Waals surface area contributed by atoms with Crippen LogP contribution in [0.25, 0.3) is 0 Å². The van der Waals surface area contributed by atoms with E-state index in [0.29, 0.717) is 32.8 Å². The van der Waals surface area contributed by atoms with Crippen molar-refractivity contribution in [3.8, 4) is 0 Å². The fourth-order valence-corrected chi connectivity index (χ4v) is 1.35. The molecule has 0 radical (unpaired) electrons. The van der Waals surface area contributed by atoms with E-state index in [0.717, 1.165) is 13.0 Å². The lowest BCUT2D eigenvalue weighted by atomic mass is 10.2. The van der Waals surface area contributed by atoms with Crippen molar-refractivity contribution in [1.82, 2.24) is 5.32 Å². The molecule has 0 saturated carbocycles. The SMILES string of the molecule is CCNC(C)CC(=O)OCCOCCCOC. The predicted octanol–water partition coefficient (Wildman–Crippen LogP) is 0.971. The molecule has 0 aromatic carbocycles. The van der Waals surface area contributed by atoms with Crippen LogP contribution in [-0.2, 0) is 19.0 Å². The summed E-state index contributed by atoms with van der Waals surface area (Å²) in [5, 5.41) is 3.16. The van der Waals surface area contributed by atoms with Gasteiger partial charge in [-0.1, -0.05) is 6.92 Å². The summed E-state index contributed by atoms with van der Waals surface area (Å²) in [5.41, 5.74) is 0. The van der Waals surface area contributed by atoms with Gasteiger partial charge in [0.15, 0.2) is 0 Å². The van der Waals surface area contributed by atoms with Gasteiger partial charge < -0.3 is 19.5 Å². The third-order valence-electron chi connectivity index (χ3n) is 2.15. The summed E-state index contributed by atoms with van der Waals surface area (Å²) in [6, 6.07) is 0.162. The molecule has 0 aliphatic carbocycles. The minimum absolute atomic E-state index is 0.162. The molecule has 0 aromatic heterocycles. The van der Waals surface area contributed by atoms with Gasteiger partial charge in [-0.05, 0) is 19.9 Å². The fourth-order valence-electron chi connectivity index (χ4n) is 1.35. The smallest absolute Gasteiger partial charge is 0.307 e. The van der Waals surface area contributed by atoms with Gasteiger partial charge in [0.05, 0.1) is 13.0 Å². The zero-order valence-corrected chi connectivity index (χ0v) is 11.2. The normalized spacial score (nSPS) is 12.4. The topological polar surface area (TPSA) is 56.8 Å². The number of hydrogen-bond acceptors (Lipinski definition) is 5. The molecule has 0 rings (SSSR count). The van der Waals surface area contributed by atoms with Crippen molar-refractivity contribution < 1.29 is 19.0 Å². The van der Waals surface area contributed by atoms with Gasteiger partial charge in [-0.25, -0.2) is 0 Å². The van der Waals surface area contributed by atoms with E-state index in [1.165, 1.54) is 0 Å². The Bertz CT molecular complexity index is 187. The van der Waals surface area contributed by atoms with Gasteiger partial charge in [-0.3, -0.25) is 4.79 Å². The Hall–Kier alpha value is -0.650. The van der Waals surface area contributed by atoms with Crippen molar-refractivity contribution in [3.05, 3.63) is 0 Å². The van der Waals surface area contributed by atoms with Crippen LogP contribution >= 0.6 is 0 Å². The molecular formula is C12H25NO4. The van der Waals surface area contributed by atoms with E-state index < -0.39 is 0 Å². The van der Waals surface area contributed by atoms with Crippen molar-refractivity contribution >= 4 is 5.97 Å². The Labute approximate surface area is 104 Å². The Kier molecular flexibility index (Phi) is 11.4. The van der Waals surface area contributed by atoms with Crippen molar-refractivity contribution in [1.29, 1.82) is 0 Å². The summed E-state index contributed by atoms with van der Waals surface area (Å²) in [5.74, 6) is -0.182. The fraction of sp³-hybridized carbons (Fsp3) is 0.917.